The van der Waals surface area contributed by atoms with Crippen LogP contribution < -0.4 is 5.73 Å². The minimum absolute atomic E-state index is 0.179. The second-order valence-electron chi connectivity index (χ2n) is 5.38. The number of nitrogens with two attached hydrogens (primary N) is 1. The topological polar surface area (TPSA) is 74.2 Å². The highest BCUT2D eigenvalue weighted by Gasteiger charge is 2.37. The molecule has 0 amide bonds. The zero-order valence-corrected chi connectivity index (χ0v) is 10.8. The first-order valence-corrected chi connectivity index (χ1v) is 6.25. The Morgan fingerprint density at radius 2 is 2.24 bits per heavy atom. The minimum Gasteiger partial charge on any atom is -0.367 e. The zero-order chi connectivity index (χ0) is 12.5. The molecule has 1 aliphatic rings. The normalized spacial score (nSPS) is 26.6. The van der Waals surface area contributed by atoms with E-state index < -0.39 is 0 Å². The van der Waals surface area contributed by atoms with E-state index in [1.54, 1.807) is 0 Å². The van der Waals surface area contributed by atoms with E-state index in [4.69, 9.17) is 15.0 Å². The summed E-state index contributed by atoms with van der Waals surface area (Å²) in [5.41, 5.74) is 5.62. The SMILES string of the molecule is CC(C)C[C@H](N)c1nc(C2(C)CCCO2)no1. The molecule has 2 heterocycles. The van der Waals surface area contributed by atoms with Crippen LogP contribution >= 0.6 is 0 Å². The molecule has 1 aromatic rings. The largest absolute Gasteiger partial charge is 0.367 e. The van der Waals surface area contributed by atoms with Gasteiger partial charge in [0.05, 0.1) is 6.04 Å². The van der Waals surface area contributed by atoms with Crippen molar-refractivity contribution in [3.63, 3.8) is 0 Å². The van der Waals surface area contributed by atoms with Crippen molar-refractivity contribution < 1.29 is 9.26 Å². The third-order valence-electron chi connectivity index (χ3n) is 3.18. The predicted molar refractivity (Wildman–Crippen MR) is 63.2 cm³/mol. The van der Waals surface area contributed by atoms with Gasteiger partial charge in [0, 0.05) is 6.61 Å². The van der Waals surface area contributed by atoms with Gasteiger partial charge in [-0.05, 0) is 32.1 Å². The Morgan fingerprint density at radius 1 is 1.47 bits per heavy atom. The van der Waals surface area contributed by atoms with Gasteiger partial charge in [0.15, 0.2) is 0 Å². The van der Waals surface area contributed by atoms with E-state index in [0.717, 1.165) is 25.9 Å². The Balaban J connectivity index is 2.10. The maximum Gasteiger partial charge on any atom is 0.243 e. The molecule has 0 spiro atoms. The maximum absolute atomic E-state index is 6.01. The molecule has 0 bridgehead atoms. The van der Waals surface area contributed by atoms with E-state index in [0.29, 0.717) is 17.6 Å². The van der Waals surface area contributed by atoms with Crippen molar-refractivity contribution in [2.24, 2.45) is 11.7 Å². The van der Waals surface area contributed by atoms with Gasteiger partial charge in [0.2, 0.25) is 11.7 Å². The second kappa shape index (κ2) is 4.74. The lowest BCUT2D eigenvalue weighted by Crippen LogP contribution is -2.22. The number of hydrogen-bond donors (Lipinski definition) is 1. The van der Waals surface area contributed by atoms with Gasteiger partial charge in [-0.3, -0.25) is 0 Å². The summed E-state index contributed by atoms with van der Waals surface area (Å²) in [6.07, 6.45) is 2.82. The van der Waals surface area contributed by atoms with Gasteiger partial charge in [0.1, 0.15) is 5.60 Å². The molecule has 0 radical (unpaired) electrons. The number of rotatable bonds is 4. The molecule has 5 heteroatoms. The third-order valence-corrected chi connectivity index (χ3v) is 3.18. The first-order valence-electron chi connectivity index (χ1n) is 6.25. The lowest BCUT2D eigenvalue weighted by atomic mass is 10.0. The van der Waals surface area contributed by atoms with Crippen LogP contribution in [0.2, 0.25) is 0 Å². The molecule has 2 rings (SSSR count). The molecule has 17 heavy (non-hydrogen) atoms. The van der Waals surface area contributed by atoms with Crippen LogP contribution in [0.25, 0.3) is 0 Å². The maximum atomic E-state index is 6.01. The van der Waals surface area contributed by atoms with Crippen molar-refractivity contribution in [1.82, 2.24) is 10.1 Å². The third kappa shape index (κ3) is 2.66. The lowest BCUT2D eigenvalue weighted by molar-refractivity contribution is 0.00768. The molecular formula is C12H21N3O2. The molecular weight excluding hydrogens is 218 g/mol. The van der Waals surface area contributed by atoms with Gasteiger partial charge in [-0.2, -0.15) is 4.98 Å². The van der Waals surface area contributed by atoms with Gasteiger partial charge in [-0.25, -0.2) is 0 Å². The fourth-order valence-corrected chi connectivity index (χ4v) is 2.16. The molecule has 1 saturated heterocycles. The van der Waals surface area contributed by atoms with Crippen LogP contribution in [0.4, 0.5) is 0 Å². The molecule has 0 aromatic carbocycles. The fraction of sp³-hybridized carbons (Fsp3) is 0.833. The highest BCUT2D eigenvalue weighted by molar-refractivity contribution is 5.03. The molecule has 1 aromatic heterocycles. The highest BCUT2D eigenvalue weighted by Crippen LogP contribution is 2.34. The molecule has 5 nitrogen and oxygen atoms in total. The van der Waals surface area contributed by atoms with Crippen LogP contribution in [0.5, 0.6) is 0 Å². The lowest BCUT2D eigenvalue weighted by Gasteiger charge is -2.17. The molecule has 0 aliphatic carbocycles. The van der Waals surface area contributed by atoms with E-state index in [-0.39, 0.29) is 11.6 Å². The van der Waals surface area contributed by atoms with E-state index in [1.165, 1.54) is 0 Å². The summed E-state index contributed by atoms with van der Waals surface area (Å²) in [6.45, 7) is 7.01. The summed E-state index contributed by atoms with van der Waals surface area (Å²) < 4.78 is 10.9. The van der Waals surface area contributed by atoms with E-state index in [9.17, 15) is 0 Å². The first kappa shape index (κ1) is 12.5. The average molecular weight is 239 g/mol. The first-order chi connectivity index (χ1) is 8.01. The van der Waals surface area contributed by atoms with Crippen LogP contribution in [-0.4, -0.2) is 16.7 Å². The Bertz CT molecular complexity index is 370. The average Bonchev–Trinajstić information content (AvgIpc) is 2.85. The van der Waals surface area contributed by atoms with Crippen molar-refractivity contribution >= 4 is 0 Å². The van der Waals surface area contributed by atoms with Crippen molar-refractivity contribution in [3.8, 4) is 0 Å². The highest BCUT2D eigenvalue weighted by atomic mass is 16.5. The van der Waals surface area contributed by atoms with Crippen molar-refractivity contribution in [1.29, 1.82) is 0 Å². The van der Waals surface area contributed by atoms with E-state index >= 15 is 0 Å². The van der Waals surface area contributed by atoms with Crippen LogP contribution in [-0.2, 0) is 10.3 Å². The minimum atomic E-state index is -0.390. The summed E-state index contributed by atoms with van der Waals surface area (Å²) in [6, 6.07) is -0.179. The molecule has 1 unspecified atom stereocenters. The summed E-state index contributed by atoms with van der Waals surface area (Å²) in [5, 5.41) is 4.01. The Hall–Kier alpha value is -0.940. The smallest absolute Gasteiger partial charge is 0.243 e. The molecule has 0 saturated carbocycles. The Morgan fingerprint density at radius 3 is 2.82 bits per heavy atom. The quantitative estimate of drug-likeness (QED) is 0.871. The summed E-state index contributed by atoms with van der Waals surface area (Å²) >= 11 is 0. The summed E-state index contributed by atoms with van der Waals surface area (Å²) in [7, 11) is 0. The number of hydrogen-bond acceptors (Lipinski definition) is 5. The van der Waals surface area contributed by atoms with Crippen LogP contribution in [0, 0.1) is 5.92 Å². The van der Waals surface area contributed by atoms with Gasteiger partial charge >= 0.3 is 0 Å². The fourth-order valence-electron chi connectivity index (χ4n) is 2.16. The molecule has 2 atom stereocenters. The van der Waals surface area contributed by atoms with Gasteiger partial charge in [0.25, 0.3) is 0 Å². The van der Waals surface area contributed by atoms with Crippen LogP contribution in [0.15, 0.2) is 4.52 Å². The number of ether oxygens (including phenoxy) is 1. The van der Waals surface area contributed by atoms with Crippen LogP contribution in [0.3, 0.4) is 0 Å². The standard InChI is InChI=1S/C12H21N3O2/c1-8(2)7-9(13)10-14-11(15-17-10)12(3)5-4-6-16-12/h8-9H,4-7,13H2,1-3H3/t9-,12?/m0/s1. The van der Waals surface area contributed by atoms with Gasteiger partial charge in [-0.1, -0.05) is 19.0 Å². The number of nitrogens with zero attached hydrogens (tertiary/aromatic N) is 2. The Labute approximate surface area is 102 Å². The summed E-state index contributed by atoms with van der Waals surface area (Å²) in [4.78, 5) is 4.39. The molecule has 1 aliphatic heterocycles. The van der Waals surface area contributed by atoms with Gasteiger partial charge < -0.3 is 15.0 Å². The summed E-state index contributed by atoms with van der Waals surface area (Å²) in [5.74, 6) is 1.66. The monoisotopic (exact) mass is 239 g/mol. The second-order valence-corrected chi connectivity index (χ2v) is 5.38. The van der Waals surface area contributed by atoms with Crippen LogP contribution in [0.1, 0.15) is 57.8 Å². The predicted octanol–water partition coefficient (Wildman–Crippen LogP) is 2.14. The molecule has 96 valence electrons. The van der Waals surface area contributed by atoms with E-state index in [1.807, 2.05) is 6.92 Å². The van der Waals surface area contributed by atoms with Crippen molar-refractivity contribution in [2.75, 3.05) is 6.61 Å². The van der Waals surface area contributed by atoms with E-state index in [2.05, 4.69) is 24.0 Å². The molecule has 1 fully saturated rings. The van der Waals surface area contributed by atoms with Crippen molar-refractivity contribution in [2.45, 2.75) is 51.7 Å². The Kier molecular flexibility index (Phi) is 3.49. The zero-order valence-electron chi connectivity index (χ0n) is 10.8. The van der Waals surface area contributed by atoms with Gasteiger partial charge in [-0.15, -0.1) is 0 Å². The number of aromatic nitrogens is 2. The molecule has 2 N–H and O–H groups in total. The van der Waals surface area contributed by atoms with Crippen molar-refractivity contribution in [3.05, 3.63) is 11.7 Å².